The van der Waals surface area contributed by atoms with Crippen LogP contribution < -0.4 is 4.90 Å². The Morgan fingerprint density at radius 1 is 0.862 bits per heavy atom. The van der Waals surface area contributed by atoms with Crippen molar-refractivity contribution in [2.75, 3.05) is 32.8 Å². The van der Waals surface area contributed by atoms with Crippen LogP contribution in [0, 0.1) is 11.8 Å². The van der Waals surface area contributed by atoms with Crippen LogP contribution in [0.2, 0.25) is 0 Å². The van der Waals surface area contributed by atoms with E-state index in [2.05, 4.69) is 36.1 Å². The molecule has 0 unspecified atom stereocenters. The van der Waals surface area contributed by atoms with E-state index in [1.807, 2.05) is 50.2 Å². The quantitative estimate of drug-likeness (QED) is 0.547. The first-order valence-electron chi connectivity index (χ1n) is 10.8. The van der Waals surface area contributed by atoms with Crippen LogP contribution in [0.5, 0.6) is 0 Å². The van der Waals surface area contributed by atoms with Gasteiger partial charge in [-0.25, -0.2) is 0 Å². The van der Waals surface area contributed by atoms with Gasteiger partial charge < -0.3 is 14.4 Å². The molecule has 154 valence electrons. The second kappa shape index (κ2) is 11.2. The van der Waals surface area contributed by atoms with Crippen LogP contribution in [0.3, 0.4) is 0 Å². The molecule has 1 aliphatic rings. The predicted octanol–water partition coefficient (Wildman–Crippen LogP) is 3.66. The van der Waals surface area contributed by atoms with E-state index >= 15 is 0 Å². The fraction of sp³-hybridized carbons (Fsp3) is 0.462. The van der Waals surface area contributed by atoms with Crippen LogP contribution in [0.4, 0.5) is 0 Å². The molecule has 1 heterocycles. The molecule has 1 saturated heterocycles. The van der Waals surface area contributed by atoms with Crippen LogP contribution >= 0.6 is 0 Å². The summed E-state index contributed by atoms with van der Waals surface area (Å²) in [4.78, 5) is 1.61. The summed E-state index contributed by atoms with van der Waals surface area (Å²) < 4.78 is 12.3. The van der Waals surface area contributed by atoms with Crippen molar-refractivity contribution < 1.29 is 14.4 Å². The SMILES string of the molecule is CC(C)(C#CC[NH+]1CCCCC1)OCCOC(c1ccccc1)c1ccccc1. The molecule has 0 radical (unpaired) electrons. The van der Waals surface area contributed by atoms with Gasteiger partial charge in [0.15, 0.2) is 0 Å². The molecular formula is C26H34NO2+. The summed E-state index contributed by atoms with van der Waals surface area (Å²) in [6.07, 6.45) is 3.95. The molecule has 29 heavy (non-hydrogen) atoms. The standard InChI is InChI=1S/C26H33NO2/c1-26(2,17-12-20-27-18-10-5-11-19-27)29-22-21-28-25(23-13-6-3-7-14-23)24-15-8-4-9-16-24/h3-4,6-9,13-16,25H,5,10-11,18-22H2,1-2H3/p+1. The summed E-state index contributed by atoms with van der Waals surface area (Å²) in [5, 5.41) is 0. The molecule has 0 aromatic heterocycles. The highest BCUT2D eigenvalue weighted by Crippen LogP contribution is 2.25. The molecule has 1 aliphatic heterocycles. The fourth-order valence-electron chi connectivity index (χ4n) is 3.75. The predicted molar refractivity (Wildman–Crippen MR) is 118 cm³/mol. The smallest absolute Gasteiger partial charge is 0.139 e. The van der Waals surface area contributed by atoms with Gasteiger partial charge in [-0.2, -0.15) is 0 Å². The third-order valence-electron chi connectivity index (χ3n) is 5.32. The number of ether oxygens (including phenoxy) is 2. The van der Waals surface area contributed by atoms with E-state index in [1.165, 1.54) is 32.4 Å². The van der Waals surface area contributed by atoms with Gasteiger partial charge in [0.25, 0.3) is 0 Å². The summed E-state index contributed by atoms with van der Waals surface area (Å²) in [5.41, 5.74) is 1.86. The van der Waals surface area contributed by atoms with Crippen LogP contribution in [-0.2, 0) is 9.47 Å². The number of hydrogen-bond donors (Lipinski definition) is 1. The van der Waals surface area contributed by atoms with Crippen molar-refractivity contribution in [3.05, 3.63) is 71.8 Å². The Hall–Kier alpha value is -2.12. The van der Waals surface area contributed by atoms with Crippen molar-refractivity contribution in [3.8, 4) is 11.8 Å². The minimum atomic E-state index is -0.451. The molecule has 2 aromatic carbocycles. The summed E-state index contributed by atoms with van der Waals surface area (Å²) in [6.45, 7) is 8.56. The van der Waals surface area contributed by atoms with Crippen molar-refractivity contribution >= 4 is 0 Å². The third kappa shape index (κ3) is 7.33. The van der Waals surface area contributed by atoms with Gasteiger partial charge in [0.1, 0.15) is 18.2 Å². The van der Waals surface area contributed by atoms with Crippen molar-refractivity contribution in [2.24, 2.45) is 0 Å². The lowest BCUT2D eigenvalue weighted by Gasteiger charge is -2.23. The van der Waals surface area contributed by atoms with E-state index in [0.717, 1.165) is 17.7 Å². The maximum atomic E-state index is 6.23. The maximum Gasteiger partial charge on any atom is 0.139 e. The largest absolute Gasteiger partial charge is 0.366 e. The molecule has 0 aliphatic carbocycles. The molecule has 3 heteroatoms. The molecule has 0 atom stereocenters. The van der Waals surface area contributed by atoms with Crippen LogP contribution in [0.1, 0.15) is 50.3 Å². The van der Waals surface area contributed by atoms with Gasteiger partial charge in [-0.15, -0.1) is 0 Å². The van der Waals surface area contributed by atoms with E-state index in [4.69, 9.17) is 9.47 Å². The number of benzene rings is 2. The van der Waals surface area contributed by atoms with Crippen molar-refractivity contribution in [1.82, 2.24) is 0 Å². The van der Waals surface area contributed by atoms with Gasteiger partial charge in [-0.1, -0.05) is 66.6 Å². The Morgan fingerprint density at radius 2 is 1.45 bits per heavy atom. The maximum absolute atomic E-state index is 6.23. The number of likely N-dealkylation sites (tertiary alicyclic amines) is 1. The Bertz CT molecular complexity index is 731. The van der Waals surface area contributed by atoms with Gasteiger partial charge in [0.2, 0.25) is 0 Å². The van der Waals surface area contributed by atoms with E-state index in [-0.39, 0.29) is 6.10 Å². The molecule has 0 amide bonds. The first-order valence-corrected chi connectivity index (χ1v) is 10.8. The van der Waals surface area contributed by atoms with Gasteiger partial charge >= 0.3 is 0 Å². The number of quaternary nitrogens is 1. The highest BCUT2D eigenvalue weighted by molar-refractivity contribution is 5.29. The number of rotatable bonds is 8. The zero-order valence-electron chi connectivity index (χ0n) is 17.8. The third-order valence-corrected chi connectivity index (χ3v) is 5.32. The molecule has 1 fully saturated rings. The number of piperidine rings is 1. The van der Waals surface area contributed by atoms with E-state index in [0.29, 0.717) is 13.2 Å². The van der Waals surface area contributed by atoms with Gasteiger partial charge in [-0.3, -0.25) is 0 Å². The van der Waals surface area contributed by atoms with E-state index in [9.17, 15) is 0 Å². The first-order chi connectivity index (χ1) is 14.1. The van der Waals surface area contributed by atoms with E-state index < -0.39 is 5.60 Å². The average Bonchev–Trinajstić information content (AvgIpc) is 2.75. The monoisotopic (exact) mass is 392 g/mol. The zero-order valence-corrected chi connectivity index (χ0v) is 17.8. The Balaban J connectivity index is 1.49. The molecule has 0 spiro atoms. The first kappa shape index (κ1) is 21.6. The van der Waals surface area contributed by atoms with Gasteiger partial charge in [0.05, 0.1) is 26.3 Å². The Labute approximate surface area is 176 Å². The Kier molecular flexibility index (Phi) is 8.31. The second-order valence-electron chi connectivity index (χ2n) is 8.22. The molecule has 0 saturated carbocycles. The molecule has 3 nitrogen and oxygen atoms in total. The molecule has 2 aromatic rings. The lowest BCUT2D eigenvalue weighted by molar-refractivity contribution is -0.897. The lowest BCUT2D eigenvalue weighted by Crippen LogP contribution is -3.12. The van der Waals surface area contributed by atoms with Gasteiger partial charge in [-0.05, 0) is 50.2 Å². The second-order valence-corrected chi connectivity index (χ2v) is 8.22. The summed E-state index contributed by atoms with van der Waals surface area (Å²) in [5.74, 6) is 6.65. The molecular weight excluding hydrogens is 358 g/mol. The van der Waals surface area contributed by atoms with Crippen LogP contribution in [0.15, 0.2) is 60.7 Å². The average molecular weight is 393 g/mol. The van der Waals surface area contributed by atoms with E-state index in [1.54, 1.807) is 4.90 Å². The topological polar surface area (TPSA) is 22.9 Å². The van der Waals surface area contributed by atoms with Crippen molar-refractivity contribution in [2.45, 2.75) is 44.8 Å². The van der Waals surface area contributed by atoms with Crippen LogP contribution in [0.25, 0.3) is 0 Å². The summed E-state index contributed by atoms with van der Waals surface area (Å²) in [7, 11) is 0. The lowest BCUT2D eigenvalue weighted by atomic mass is 10.0. The fourth-order valence-corrected chi connectivity index (χ4v) is 3.75. The molecule has 1 N–H and O–H groups in total. The van der Waals surface area contributed by atoms with Crippen LogP contribution in [-0.4, -0.2) is 38.4 Å². The minimum Gasteiger partial charge on any atom is -0.366 e. The van der Waals surface area contributed by atoms with Crippen molar-refractivity contribution in [1.29, 1.82) is 0 Å². The highest BCUT2D eigenvalue weighted by atomic mass is 16.5. The summed E-state index contributed by atoms with van der Waals surface area (Å²) in [6, 6.07) is 20.7. The highest BCUT2D eigenvalue weighted by Gasteiger charge is 2.18. The number of hydrogen-bond acceptors (Lipinski definition) is 2. The Morgan fingerprint density at radius 3 is 2.03 bits per heavy atom. The molecule has 3 rings (SSSR count). The minimum absolute atomic E-state index is 0.0853. The summed E-state index contributed by atoms with van der Waals surface area (Å²) >= 11 is 0. The zero-order chi connectivity index (χ0) is 20.4. The normalized spacial score (nSPS) is 15.1. The number of nitrogens with one attached hydrogen (secondary N) is 1. The molecule has 0 bridgehead atoms. The van der Waals surface area contributed by atoms with Crippen molar-refractivity contribution in [3.63, 3.8) is 0 Å². The van der Waals surface area contributed by atoms with Gasteiger partial charge in [0, 0.05) is 0 Å².